The van der Waals surface area contributed by atoms with E-state index in [2.05, 4.69) is 10.6 Å². The summed E-state index contributed by atoms with van der Waals surface area (Å²) < 4.78 is 4.92. The molecule has 1 fully saturated rings. The van der Waals surface area contributed by atoms with Gasteiger partial charge in [0.2, 0.25) is 11.8 Å². The number of piperidine rings is 1. The first-order valence-electron chi connectivity index (χ1n) is 7.47. The molecule has 0 spiro atoms. The third-order valence-electron chi connectivity index (χ3n) is 3.51. The molecule has 1 aliphatic rings. The fraction of sp³-hybridized carbons (Fsp3) is 0.857. The van der Waals surface area contributed by atoms with Crippen LogP contribution in [0.5, 0.6) is 0 Å². The van der Waals surface area contributed by atoms with Crippen LogP contribution in [0.15, 0.2) is 0 Å². The lowest BCUT2D eigenvalue weighted by atomic mass is 10.0. The van der Waals surface area contributed by atoms with Gasteiger partial charge >= 0.3 is 0 Å². The van der Waals surface area contributed by atoms with Gasteiger partial charge in [0.1, 0.15) is 6.04 Å². The van der Waals surface area contributed by atoms with Crippen LogP contribution < -0.4 is 10.6 Å². The number of carbonyl (C=O) groups excluding carboxylic acids is 2. The van der Waals surface area contributed by atoms with Gasteiger partial charge in [-0.15, -0.1) is 12.4 Å². The second-order valence-electron chi connectivity index (χ2n) is 4.99. The number of hydrogen-bond acceptors (Lipinski definition) is 4. The van der Waals surface area contributed by atoms with Crippen LogP contribution in [0.3, 0.4) is 0 Å². The number of nitrogens with one attached hydrogen (secondary N) is 2. The SMILES string of the molecule is CCC(=O)N1CCCCC1C(=O)NCCNCCOC.Cl. The van der Waals surface area contributed by atoms with E-state index in [0.717, 1.165) is 25.8 Å². The highest BCUT2D eigenvalue weighted by molar-refractivity contribution is 5.87. The van der Waals surface area contributed by atoms with E-state index in [9.17, 15) is 9.59 Å². The van der Waals surface area contributed by atoms with E-state index in [0.29, 0.717) is 32.7 Å². The van der Waals surface area contributed by atoms with Gasteiger partial charge in [0, 0.05) is 39.7 Å². The van der Waals surface area contributed by atoms with Gasteiger partial charge in [0.15, 0.2) is 0 Å². The van der Waals surface area contributed by atoms with Crippen molar-refractivity contribution in [3.05, 3.63) is 0 Å². The molecule has 1 rings (SSSR count). The Labute approximate surface area is 133 Å². The summed E-state index contributed by atoms with van der Waals surface area (Å²) in [5.74, 6) is 0.0445. The number of nitrogens with zero attached hydrogens (tertiary/aromatic N) is 1. The van der Waals surface area contributed by atoms with E-state index in [1.54, 1.807) is 12.0 Å². The quantitative estimate of drug-likeness (QED) is 0.641. The van der Waals surface area contributed by atoms with Crippen molar-refractivity contribution in [3.63, 3.8) is 0 Å². The minimum atomic E-state index is -0.282. The zero-order valence-electron chi connectivity index (χ0n) is 13.0. The highest BCUT2D eigenvalue weighted by Gasteiger charge is 2.30. The maximum atomic E-state index is 12.2. The third-order valence-corrected chi connectivity index (χ3v) is 3.51. The summed E-state index contributed by atoms with van der Waals surface area (Å²) in [5.41, 5.74) is 0. The molecule has 1 aliphatic heterocycles. The minimum Gasteiger partial charge on any atom is -0.383 e. The highest BCUT2D eigenvalue weighted by Crippen LogP contribution is 2.18. The molecular formula is C14H28ClN3O3. The zero-order chi connectivity index (χ0) is 14.8. The Bertz CT molecular complexity index is 316. The fourth-order valence-electron chi connectivity index (χ4n) is 2.40. The van der Waals surface area contributed by atoms with Crippen molar-refractivity contribution < 1.29 is 14.3 Å². The molecule has 124 valence electrons. The van der Waals surface area contributed by atoms with Crippen molar-refractivity contribution >= 4 is 24.2 Å². The largest absolute Gasteiger partial charge is 0.383 e. The summed E-state index contributed by atoms with van der Waals surface area (Å²) in [4.78, 5) is 25.7. The van der Waals surface area contributed by atoms with Crippen LogP contribution in [0.25, 0.3) is 0 Å². The number of hydrogen-bond donors (Lipinski definition) is 2. The lowest BCUT2D eigenvalue weighted by molar-refractivity contribution is -0.142. The van der Waals surface area contributed by atoms with Crippen molar-refractivity contribution in [2.75, 3.05) is 39.9 Å². The first kappa shape index (κ1) is 20.1. The van der Waals surface area contributed by atoms with Crippen LogP contribution in [0.2, 0.25) is 0 Å². The molecule has 7 heteroatoms. The zero-order valence-corrected chi connectivity index (χ0v) is 13.8. The van der Waals surface area contributed by atoms with Crippen LogP contribution in [-0.2, 0) is 14.3 Å². The number of methoxy groups -OCH3 is 1. The lowest BCUT2D eigenvalue weighted by Gasteiger charge is -2.34. The van der Waals surface area contributed by atoms with Crippen molar-refractivity contribution in [1.82, 2.24) is 15.5 Å². The van der Waals surface area contributed by atoms with E-state index >= 15 is 0 Å². The predicted octanol–water partition coefficient (Wildman–Crippen LogP) is 0.552. The number of halogens is 1. The summed E-state index contributed by atoms with van der Waals surface area (Å²) in [6.07, 6.45) is 3.24. The molecule has 0 aromatic carbocycles. The standard InChI is InChI=1S/C14H27N3O3.ClH/c1-3-13(18)17-10-5-4-6-12(17)14(19)16-8-7-15-9-11-20-2;/h12,15H,3-11H2,1-2H3,(H,16,19);1H. The second-order valence-corrected chi connectivity index (χ2v) is 4.99. The first-order chi connectivity index (χ1) is 9.70. The molecule has 21 heavy (non-hydrogen) atoms. The maximum absolute atomic E-state index is 12.2. The normalized spacial score (nSPS) is 18.0. The predicted molar refractivity (Wildman–Crippen MR) is 84.6 cm³/mol. The number of amides is 2. The van der Waals surface area contributed by atoms with Crippen LogP contribution in [0.4, 0.5) is 0 Å². The van der Waals surface area contributed by atoms with E-state index in [-0.39, 0.29) is 30.3 Å². The van der Waals surface area contributed by atoms with Gasteiger partial charge in [0.25, 0.3) is 0 Å². The van der Waals surface area contributed by atoms with Crippen LogP contribution >= 0.6 is 12.4 Å². The molecular weight excluding hydrogens is 294 g/mol. The van der Waals surface area contributed by atoms with Gasteiger partial charge in [-0.1, -0.05) is 6.92 Å². The Balaban J connectivity index is 0.00000400. The van der Waals surface area contributed by atoms with Crippen molar-refractivity contribution in [2.45, 2.75) is 38.6 Å². The Kier molecular flexibility index (Phi) is 11.3. The first-order valence-corrected chi connectivity index (χ1v) is 7.47. The molecule has 0 saturated carbocycles. The van der Waals surface area contributed by atoms with Crippen molar-refractivity contribution in [3.8, 4) is 0 Å². The van der Waals surface area contributed by atoms with E-state index in [4.69, 9.17) is 4.74 Å². The minimum absolute atomic E-state index is 0. The summed E-state index contributed by atoms with van der Waals surface area (Å²) in [6, 6.07) is -0.282. The topological polar surface area (TPSA) is 70.7 Å². The van der Waals surface area contributed by atoms with Crippen molar-refractivity contribution in [2.24, 2.45) is 0 Å². The summed E-state index contributed by atoms with van der Waals surface area (Å²) in [5, 5.41) is 6.07. The summed E-state index contributed by atoms with van der Waals surface area (Å²) in [6.45, 7) is 5.27. The van der Waals surface area contributed by atoms with Gasteiger partial charge in [-0.3, -0.25) is 9.59 Å². The van der Waals surface area contributed by atoms with Gasteiger partial charge in [0.05, 0.1) is 6.61 Å². The molecule has 6 nitrogen and oxygen atoms in total. The Morgan fingerprint density at radius 2 is 2.00 bits per heavy atom. The molecule has 0 aromatic rings. The molecule has 0 aliphatic carbocycles. The third kappa shape index (κ3) is 7.11. The van der Waals surface area contributed by atoms with E-state index in [1.165, 1.54) is 0 Å². The van der Waals surface area contributed by atoms with E-state index < -0.39 is 0 Å². The lowest BCUT2D eigenvalue weighted by Crippen LogP contribution is -2.52. The summed E-state index contributed by atoms with van der Waals surface area (Å²) in [7, 11) is 1.66. The second kappa shape index (κ2) is 11.8. The maximum Gasteiger partial charge on any atom is 0.242 e. The average Bonchev–Trinajstić information content (AvgIpc) is 2.49. The van der Waals surface area contributed by atoms with Crippen LogP contribution in [0.1, 0.15) is 32.6 Å². The van der Waals surface area contributed by atoms with Crippen molar-refractivity contribution in [1.29, 1.82) is 0 Å². The molecule has 2 amide bonds. The number of carbonyl (C=O) groups is 2. The highest BCUT2D eigenvalue weighted by atomic mass is 35.5. The summed E-state index contributed by atoms with van der Waals surface area (Å²) >= 11 is 0. The Morgan fingerprint density at radius 1 is 1.24 bits per heavy atom. The fourth-order valence-corrected chi connectivity index (χ4v) is 2.40. The molecule has 1 heterocycles. The van der Waals surface area contributed by atoms with Gasteiger partial charge in [-0.25, -0.2) is 0 Å². The molecule has 0 bridgehead atoms. The molecule has 1 atom stereocenters. The van der Waals surface area contributed by atoms with Crippen LogP contribution in [0, 0.1) is 0 Å². The van der Waals surface area contributed by atoms with Gasteiger partial charge < -0.3 is 20.3 Å². The average molecular weight is 322 g/mol. The Hall–Kier alpha value is -0.850. The molecule has 1 unspecified atom stereocenters. The van der Waals surface area contributed by atoms with Gasteiger partial charge in [-0.05, 0) is 19.3 Å². The number of likely N-dealkylation sites (tertiary alicyclic amines) is 1. The molecule has 0 aromatic heterocycles. The molecule has 1 saturated heterocycles. The smallest absolute Gasteiger partial charge is 0.242 e. The van der Waals surface area contributed by atoms with Gasteiger partial charge in [-0.2, -0.15) is 0 Å². The van der Waals surface area contributed by atoms with E-state index in [1.807, 2.05) is 6.92 Å². The molecule has 2 N–H and O–H groups in total. The Morgan fingerprint density at radius 3 is 2.67 bits per heavy atom. The van der Waals surface area contributed by atoms with Crippen LogP contribution in [-0.4, -0.2) is 62.7 Å². The number of ether oxygens (including phenoxy) is 1. The number of rotatable bonds is 8. The molecule has 0 radical (unpaired) electrons. The monoisotopic (exact) mass is 321 g/mol.